The van der Waals surface area contributed by atoms with E-state index in [1.165, 1.54) is 5.56 Å². The van der Waals surface area contributed by atoms with Crippen LogP contribution in [0.2, 0.25) is 0 Å². The second-order valence-electron chi connectivity index (χ2n) is 5.02. The fourth-order valence-electron chi connectivity index (χ4n) is 2.12. The molecule has 17 heavy (non-hydrogen) atoms. The highest BCUT2D eigenvalue weighted by atomic mass is 16.5. The van der Waals surface area contributed by atoms with E-state index in [0.29, 0.717) is 5.92 Å². The summed E-state index contributed by atoms with van der Waals surface area (Å²) in [5.41, 5.74) is 8.38. The standard InChI is InChI=1S/C14H21NO2/c1-9-3-6-12(10(2)7-9)17-13(8-16)14(15)11-4-5-11/h3,6-7,11,13-14,16H,4-5,8,15H2,1-2H3. The highest BCUT2D eigenvalue weighted by Gasteiger charge is 2.35. The molecule has 2 atom stereocenters. The first kappa shape index (κ1) is 12.4. The smallest absolute Gasteiger partial charge is 0.137 e. The minimum atomic E-state index is -0.288. The van der Waals surface area contributed by atoms with Gasteiger partial charge in [0.2, 0.25) is 0 Å². The van der Waals surface area contributed by atoms with Gasteiger partial charge in [-0.15, -0.1) is 0 Å². The van der Waals surface area contributed by atoms with Crippen LogP contribution in [0.15, 0.2) is 18.2 Å². The molecule has 1 aromatic carbocycles. The minimum Gasteiger partial charge on any atom is -0.486 e. The molecule has 3 nitrogen and oxygen atoms in total. The number of aliphatic hydroxyl groups is 1. The van der Waals surface area contributed by atoms with Gasteiger partial charge in [-0.05, 0) is 44.2 Å². The normalized spacial score (nSPS) is 18.8. The lowest BCUT2D eigenvalue weighted by Crippen LogP contribution is -2.43. The molecule has 3 N–H and O–H groups in total. The van der Waals surface area contributed by atoms with Crippen LogP contribution in [0.3, 0.4) is 0 Å². The van der Waals surface area contributed by atoms with Gasteiger partial charge in [-0.3, -0.25) is 0 Å². The molecule has 0 spiro atoms. The summed E-state index contributed by atoms with van der Waals surface area (Å²) in [4.78, 5) is 0. The van der Waals surface area contributed by atoms with Crippen molar-refractivity contribution in [3.05, 3.63) is 29.3 Å². The molecule has 0 aliphatic heterocycles. The predicted octanol–water partition coefficient (Wildman–Crippen LogP) is 1.78. The van der Waals surface area contributed by atoms with Crippen molar-refractivity contribution in [3.8, 4) is 5.75 Å². The number of ether oxygens (including phenoxy) is 1. The van der Waals surface area contributed by atoms with E-state index in [1.54, 1.807) is 0 Å². The van der Waals surface area contributed by atoms with Gasteiger partial charge in [-0.1, -0.05) is 17.7 Å². The van der Waals surface area contributed by atoms with Crippen molar-refractivity contribution in [2.75, 3.05) is 6.61 Å². The van der Waals surface area contributed by atoms with E-state index >= 15 is 0 Å². The van der Waals surface area contributed by atoms with E-state index in [0.717, 1.165) is 24.2 Å². The molecule has 0 bridgehead atoms. The van der Waals surface area contributed by atoms with E-state index in [2.05, 4.69) is 13.0 Å². The summed E-state index contributed by atoms with van der Waals surface area (Å²) in [5.74, 6) is 1.35. The third kappa shape index (κ3) is 2.99. The predicted molar refractivity (Wildman–Crippen MR) is 68.1 cm³/mol. The summed E-state index contributed by atoms with van der Waals surface area (Å²) in [6, 6.07) is 5.99. The Morgan fingerprint density at radius 1 is 1.41 bits per heavy atom. The highest BCUT2D eigenvalue weighted by molar-refractivity contribution is 5.35. The summed E-state index contributed by atoms with van der Waals surface area (Å²) in [6.45, 7) is 4.04. The van der Waals surface area contributed by atoms with Crippen molar-refractivity contribution in [1.29, 1.82) is 0 Å². The molecule has 1 aliphatic carbocycles. The topological polar surface area (TPSA) is 55.5 Å². The Kier molecular flexibility index (Phi) is 3.69. The highest BCUT2D eigenvalue weighted by Crippen LogP contribution is 2.34. The van der Waals surface area contributed by atoms with Gasteiger partial charge in [0.15, 0.2) is 0 Å². The largest absolute Gasteiger partial charge is 0.486 e. The van der Waals surface area contributed by atoms with Crippen molar-refractivity contribution in [1.82, 2.24) is 0 Å². The van der Waals surface area contributed by atoms with Crippen LogP contribution in [-0.2, 0) is 0 Å². The van der Waals surface area contributed by atoms with E-state index in [4.69, 9.17) is 10.5 Å². The SMILES string of the molecule is Cc1ccc(OC(CO)C(N)C2CC2)c(C)c1. The molecular weight excluding hydrogens is 214 g/mol. The Hall–Kier alpha value is -1.06. The molecule has 2 rings (SSSR count). The molecule has 2 unspecified atom stereocenters. The van der Waals surface area contributed by atoms with Gasteiger partial charge in [-0.25, -0.2) is 0 Å². The summed E-state index contributed by atoms with van der Waals surface area (Å²) in [5, 5.41) is 9.37. The maximum atomic E-state index is 9.37. The van der Waals surface area contributed by atoms with Crippen molar-refractivity contribution in [2.24, 2.45) is 11.7 Å². The summed E-state index contributed by atoms with van der Waals surface area (Å²) < 4.78 is 5.84. The maximum Gasteiger partial charge on any atom is 0.137 e. The number of benzene rings is 1. The number of hydrogen-bond donors (Lipinski definition) is 2. The fourth-order valence-corrected chi connectivity index (χ4v) is 2.12. The van der Waals surface area contributed by atoms with Crippen LogP contribution < -0.4 is 10.5 Å². The van der Waals surface area contributed by atoms with Gasteiger partial charge in [0, 0.05) is 6.04 Å². The number of aryl methyl sites for hydroxylation is 2. The van der Waals surface area contributed by atoms with Crippen LogP contribution in [0.5, 0.6) is 5.75 Å². The van der Waals surface area contributed by atoms with Crippen LogP contribution in [-0.4, -0.2) is 23.9 Å². The Balaban J connectivity index is 2.06. The first-order valence-electron chi connectivity index (χ1n) is 6.22. The average molecular weight is 235 g/mol. The van der Waals surface area contributed by atoms with Crippen molar-refractivity contribution in [2.45, 2.75) is 38.8 Å². The Bertz CT molecular complexity index is 388. The van der Waals surface area contributed by atoms with Gasteiger partial charge < -0.3 is 15.6 Å². The monoisotopic (exact) mass is 235 g/mol. The number of nitrogens with two attached hydrogens (primary N) is 1. The summed E-state index contributed by atoms with van der Waals surface area (Å²) >= 11 is 0. The van der Waals surface area contributed by atoms with Crippen LogP contribution >= 0.6 is 0 Å². The van der Waals surface area contributed by atoms with E-state index in [1.807, 2.05) is 19.1 Å². The molecule has 0 amide bonds. The third-order valence-electron chi connectivity index (χ3n) is 3.38. The van der Waals surface area contributed by atoms with Crippen LogP contribution in [0.25, 0.3) is 0 Å². The first-order chi connectivity index (χ1) is 8.11. The number of hydrogen-bond acceptors (Lipinski definition) is 3. The number of aliphatic hydroxyl groups excluding tert-OH is 1. The molecular formula is C14H21NO2. The fraction of sp³-hybridized carbons (Fsp3) is 0.571. The molecule has 0 aromatic heterocycles. The zero-order valence-corrected chi connectivity index (χ0v) is 10.5. The Morgan fingerprint density at radius 3 is 2.65 bits per heavy atom. The molecule has 0 radical (unpaired) electrons. The van der Waals surface area contributed by atoms with Gasteiger partial charge in [0.05, 0.1) is 6.61 Å². The molecule has 3 heteroatoms. The second kappa shape index (κ2) is 5.07. The molecule has 94 valence electrons. The van der Waals surface area contributed by atoms with Crippen LogP contribution in [0.4, 0.5) is 0 Å². The lowest BCUT2D eigenvalue weighted by atomic mass is 10.1. The summed E-state index contributed by atoms with van der Waals surface area (Å²) in [7, 11) is 0. The third-order valence-corrected chi connectivity index (χ3v) is 3.38. The van der Waals surface area contributed by atoms with Crippen LogP contribution in [0, 0.1) is 19.8 Å². The molecule has 1 aromatic rings. The molecule has 0 heterocycles. The zero-order chi connectivity index (χ0) is 12.4. The lowest BCUT2D eigenvalue weighted by molar-refractivity contribution is 0.0876. The zero-order valence-electron chi connectivity index (χ0n) is 10.5. The Labute approximate surface area is 103 Å². The minimum absolute atomic E-state index is 0.0228. The molecule has 0 saturated heterocycles. The molecule has 1 fully saturated rings. The van der Waals surface area contributed by atoms with Gasteiger partial charge in [-0.2, -0.15) is 0 Å². The van der Waals surface area contributed by atoms with Crippen LogP contribution in [0.1, 0.15) is 24.0 Å². The van der Waals surface area contributed by atoms with Gasteiger partial charge >= 0.3 is 0 Å². The Morgan fingerprint density at radius 2 is 2.12 bits per heavy atom. The van der Waals surface area contributed by atoms with Crippen molar-refractivity contribution in [3.63, 3.8) is 0 Å². The first-order valence-corrected chi connectivity index (χ1v) is 6.22. The number of rotatable bonds is 5. The van der Waals surface area contributed by atoms with E-state index in [-0.39, 0.29) is 18.8 Å². The molecule has 1 aliphatic rings. The van der Waals surface area contributed by atoms with E-state index < -0.39 is 0 Å². The maximum absolute atomic E-state index is 9.37. The van der Waals surface area contributed by atoms with Gasteiger partial charge in [0.1, 0.15) is 11.9 Å². The quantitative estimate of drug-likeness (QED) is 0.818. The van der Waals surface area contributed by atoms with Crippen molar-refractivity contribution >= 4 is 0 Å². The van der Waals surface area contributed by atoms with Gasteiger partial charge in [0.25, 0.3) is 0 Å². The van der Waals surface area contributed by atoms with Crippen molar-refractivity contribution < 1.29 is 9.84 Å². The molecule has 1 saturated carbocycles. The average Bonchev–Trinajstić information content (AvgIpc) is 3.11. The lowest BCUT2D eigenvalue weighted by Gasteiger charge is -2.24. The summed E-state index contributed by atoms with van der Waals surface area (Å²) in [6.07, 6.45) is 2.03. The second-order valence-corrected chi connectivity index (χ2v) is 5.02. The van der Waals surface area contributed by atoms with E-state index in [9.17, 15) is 5.11 Å².